The minimum atomic E-state index is 0.0865. The Hall–Kier alpha value is -2.09. The van der Waals surface area contributed by atoms with Gasteiger partial charge < -0.3 is 10.4 Å². The molecule has 82 valence electrons. The van der Waals surface area contributed by atoms with Crippen LogP contribution >= 0.6 is 0 Å². The molecule has 16 heavy (non-hydrogen) atoms. The molecule has 1 aromatic heterocycles. The van der Waals surface area contributed by atoms with E-state index >= 15 is 0 Å². The zero-order valence-corrected chi connectivity index (χ0v) is 9.23. The maximum Gasteiger partial charge on any atom is 0.294 e. The van der Waals surface area contributed by atoms with Gasteiger partial charge in [0.05, 0.1) is 0 Å². The van der Waals surface area contributed by atoms with Crippen molar-refractivity contribution in [2.45, 2.75) is 19.9 Å². The molecule has 0 amide bonds. The number of aromatic nitrogens is 1. The molecule has 0 unspecified atom stereocenters. The molecule has 1 aromatic rings. The number of aromatic hydroxyl groups is 1. The molecule has 1 aliphatic rings. The third-order valence-electron chi connectivity index (χ3n) is 2.28. The van der Waals surface area contributed by atoms with Crippen LogP contribution in [0.2, 0.25) is 0 Å². The first-order valence-corrected chi connectivity index (χ1v) is 5.11. The quantitative estimate of drug-likeness (QED) is 0.696. The van der Waals surface area contributed by atoms with Crippen molar-refractivity contribution in [1.82, 2.24) is 0 Å². The number of fused-ring (bicyclic) bond motifs is 1. The summed E-state index contributed by atoms with van der Waals surface area (Å²) in [5.41, 5.74) is 1.28. The van der Waals surface area contributed by atoms with Gasteiger partial charge in [-0.25, -0.2) is 0 Å². The van der Waals surface area contributed by atoms with E-state index in [0.29, 0.717) is 17.5 Å². The van der Waals surface area contributed by atoms with Crippen molar-refractivity contribution in [3.63, 3.8) is 0 Å². The zero-order chi connectivity index (χ0) is 11.7. The Morgan fingerprint density at radius 1 is 1.62 bits per heavy atom. The molecule has 0 saturated heterocycles. The minimum Gasteiger partial charge on any atom is -0.502 e. The van der Waals surface area contributed by atoms with Gasteiger partial charge in [0.1, 0.15) is 23.9 Å². The molecular weight excluding hydrogens is 204 g/mol. The fourth-order valence-electron chi connectivity index (χ4n) is 1.69. The normalized spacial score (nSPS) is 13.2. The SMILES string of the molecule is CC(C)Nc1cc(O)c2[n+](c1)=NCC=2C#N. The van der Waals surface area contributed by atoms with Crippen LogP contribution in [0.3, 0.4) is 0 Å². The van der Waals surface area contributed by atoms with E-state index in [1.54, 1.807) is 16.6 Å². The van der Waals surface area contributed by atoms with Crippen LogP contribution < -0.4 is 15.0 Å². The van der Waals surface area contributed by atoms with Crippen molar-refractivity contribution in [3.8, 4) is 11.8 Å². The molecule has 0 radical (unpaired) electrons. The van der Waals surface area contributed by atoms with Crippen LogP contribution in [0.15, 0.2) is 17.4 Å². The van der Waals surface area contributed by atoms with Crippen molar-refractivity contribution >= 4 is 11.3 Å². The average molecular weight is 217 g/mol. The lowest BCUT2D eigenvalue weighted by Gasteiger charge is -2.06. The molecule has 5 heteroatoms. The van der Waals surface area contributed by atoms with Gasteiger partial charge in [0, 0.05) is 12.1 Å². The van der Waals surface area contributed by atoms with Gasteiger partial charge in [0.2, 0.25) is 6.20 Å². The minimum absolute atomic E-state index is 0.0865. The highest BCUT2D eigenvalue weighted by atomic mass is 16.3. The van der Waals surface area contributed by atoms with Gasteiger partial charge in [-0.15, -0.1) is 0 Å². The Morgan fingerprint density at radius 3 is 3.00 bits per heavy atom. The first-order valence-electron chi connectivity index (χ1n) is 5.11. The molecule has 0 bridgehead atoms. The van der Waals surface area contributed by atoms with Gasteiger partial charge in [-0.3, -0.25) is 0 Å². The lowest BCUT2D eigenvalue weighted by atomic mass is 10.2. The Morgan fingerprint density at radius 2 is 2.38 bits per heavy atom. The summed E-state index contributed by atoms with van der Waals surface area (Å²) in [4.78, 5) is 0. The third kappa shape index (κ3) is 1.70. The number of nitrogens with one attached hydrogen (secondary N) is 1. The van der Waals surface area contributed by atoms with E-state index in [1.165, 1.54) is 0 Å². The molecule has 0 aromatic carbocycles. The highest BCUT2D eigenvalue weighted by molar-refractivity contribution is 5.62. The van der Waals surface area contributed by atoms with Crippen molar-refractivity contribution in [2.75, 3.05) is 11.9 Å². The lowest BCUT2D eigenvalue weighted by molar-refractivity contribution is -0.557. The molecule has 0 spiro atoms. The van der Waals surface area contributed by atoms with Gasteiger partial charge in [-0.2, -0.15) is 5.26 Å². The predicted molar refractivity (Wildman–Crippen MR) is 58.4 cm³/mol. The number of pyridine rings is 1. The maximum absolute atomic E-state index is 9.83. The highest BCUT2D eigenvalue weighted by Gasteiger charge is 2.19. The van der Waals surface area contributed by atoms with Crippen LogP contribution in [0, 0.1) is 11.3 Å². The second-order valence-electron chi connectivity index (χ2n) is 4.00. The number of nitriles is 1. The van der Waals surface area contributed by atoms with E-state index < -0.39 is 0 Å². The summed E-state index contributed by atoms with van der Waals surface area (Å²) in [6.07, 6.45) is 1.78. The average Bonchev–Trinajstić information content (AvgIpc) is 2.59. The van der Waals surface area contributed by atoms with Crippen molar-refractivity contribution < 1.29 is 9.47 Å². The van der Waals surface area contributed by atoms with Gasteiger partial charge >= 0.3 is 0 Å². The number of anilines is 1. The monoisotopic (exact) mass is 217 g/mol. The molecule has 2 rings (SSSR count). The summed E-state index contributed by atoms with van der Waals surface area (Å²) < 4.78 is 1.55. The second kappa shape index (κ2) is 3.81. The van der Waals surface area contributed by atoms with Gasteiger partial charge in [-0.1, -0.05) is 0 Å². The maximum atomic E-state index is 9.83. The fraction of sp³-hybridized carbons (Fsp3) is 0.364. The van der Waals surface area contributed by atoms with Crippen molar-refractivity contribution in [2.24, 2.45) is 5.11 Å². The molecule has 1 aliphatic heterocycles. The fourth-order valence-corrected chi connectivity index (χ4v) is 1.69. The van der Waals surface area contributed by atoms with E-state index in [0.717, 1.165) is 5.69 Å². The number of hydrogen-bond acceptors (Lipinski definition) is 4. The molecule has 0 atom stereocenters. The summed E-state index contributed by atoms with van der Waals surface area (Å²) in [7, 11) is 0. The van der Waals surface area contributed by atoms with Gasteiger partial charge in [0.15, 0.2) is 5.75 Å². The third-order valence-corrected chi connectivity index (χ3v) is 2.28. The Bertz CT molecular complexity index is 583. The topological polar surface area (TPSA) is 74.3 Å². The summed E-state index contributed by atoms with van der Waals surface area (Å²) in [5, 5.41) is 26.5. The summed E-state index contributed by atoms with van der Waals surface area (Å²) >= 11 is 0. The molecule has 0 saturated carbocycles. The van der Waals surface area contributed by atoms with E-state index in [9.17, 15) is 5.11 Å². The number of rotatable bonds is 2. The Balaban J connectivity index is 2.60. The van der Waals surface area contributed by atoms with Crippen LogP contribution in [0.1, 0.15) is 13.8 Å². The van der Waals surface area contributed by atoms with Crippen LogP contribution in [0.4, 0.5) is 5.69 Å². The highest BCUT2D eigenvalue weighted by Crippen LogP contribution is 2.12. The van der Waals surface area contributed by atoms with E-state index in [2.05, 4.69) is 10.4 Å². The largest absolute Gasteiger partial charge is 0.502 e. The van der Waals surface area contributed by atoms with Crippen LogP contribution in [-0.2, 0) is 0 Å². The predicted octanol–water partition coefficient (Wildman–Crippen LogP) is 0.220. The molecule has 5 nitrogen and oxygen atoms in total. The summed E-state index contributed by atoms with van der Waals surface area (Å²) in [6, 6.07) is 3.93. The van der Waals surface area contributed by atoms with E-state index in [4.69, 9.17) is 5.26 Å². The molecular formula is C11H13N4O+. The van der Waals surface area contributed by atoms with Crippen molar-refractivity contribution in [3.05, 3.63) is 17.6 Å². The van der Waals surface area contributed by atoms with E-state index in [1.807, 2.05) is 19.9 Å². The standard InChI is InChI=1S/C11H12N4O/c1-7(2)14-9-3-10(16)11-8(4-12)5-13-15(11)6-9/h3,6-7H,5H2,1-2H3,(H-,13,14,16)/p+1. The molecule has 0 fully saturated rings. The lowest BCUT2D eigenvalue weighted by Crippen LogP contribution is -2.35. The smallest absolute Gasteiger partial charge is 0.294 e. The Kier molecular flexibility index (Phi) is 2.49. The summed E-state index contributed by atoms with van der Waals surface area (Å²) in [6.45, 7) is 4.35. The van der Waals surface area contributed by atoms with Crippen LogP contribution in [0.25, 0.3) is 5.57 Å². The Labute approximate surface area is 93.0 Å². The number of nitrogens with zero attached hydrogens (tertiary/aromatic N) is 3. The first kappa shape index (κ1) is 10.4. The second-order valence-corrected chi connectivity index (χ2v) is 4.00. The molecule has 2 heterocycles. The first-order chi connectivity index (χ1) is 7.61. The molecule has 2 N–H and O–H groups in total. The van der Waals surface area contributed by atoms with Gasteiger partial charge in [-0.05, 0) is 23.3 Å². The van der Waals surface area contributed by atoms with Crippen LogP contribution in [-0.4, -0.2) is 17.7 Å². The molecule has 0 aliphatic carbocycles. The van der Waals surface area contributed by atoms with Crippen molar-refractivity contribution in [1.29, 1.82) is 5.26 Å². The zero-order valence-electron chi connectivity index (χ0n) is 9.23. The summed E-state index contributed by atoms with van der Waals surface area (Å²) in [5.74, 6) is 0.0865. The van der Waals surface area contributed by atoms with Gasteiger partial charge in [0.25, 0.3) is 5.35 Å². The van der Waals surface area contributed by atoms with Crippen LogP contribution in [0.5, 0.6) is 5.75 Å². The number of hydrogen-bond donors (Lipinski definition) is 2. The van der Waals surface area contributed by atoms with E-state index in [-0.39, 0.29) is 11.8 Å².